The summed E-state index contributed by atoms with van der Waals surface area (Å²) in [5, 5.41) is 10.7. The zero-order valence-corrected chi connectivity index (χ0v) is 14.7. The van der Waals surface area contributed by atoms with E-state index in [0.29, 0.717) is 16.9 Å². The van der Waals surface area contributed by atoms with E-state index in [4.69, 9.17) is 4.74 Å². The Bertz CT molecular complexity index is 1100. The number of benzene rings is 3. The minimum Gasteiger partial charge on any atom is -0.422 e. The third-order valence-corrected chi connectivity index (χ3v) is 4.43. The smallest absolute Gasteiger partial charge is 0.343 e. The van der Waals surface area contributed by atoms with Crippen LogP contribution in [-0.2, 0) is 9.53 Å². The van der Waals surface area contributed by atoms with Gasteiger partial charge >= 0.3 is 5.97 Å². The van der Waals surface area contributed by atoms with Crippen LogP contribution in [0.1, 0.15) is 11.1 Å². The van der Waals surface area contributed by atoms with Crippen molar-refractivity contribution in [3.63, 3.8) is 0 Å². The molecule has 3 aromatic carbocycles. The van der Waals surface area contributed by atoms with Crippen LogP contribution >= 0.6 is 0 Å². The molecule has 5 nitrogen and oxygen atoms in total. The summed E-state index contributed by atoms with van der Waals surface area (Å²) in [6.07, 6.45) is 3.33. The van der Waals surface area contributed by atoms with Gasteiger partial charge in [0.2, 0.25) is 0 Å². The zero-order valence-electron chi connectivity index (χ0n) is 14.7. The van der Waals surface area contributed by atoms with E-state index >= 15 is 0 Å². The SMILES string of the molecule is O=C1OC(c2ccc(-c3ccccc3)cc2)=C/C1=C/c1ccc([N+](=O)[O-])cc1. The Labute approximate surface area is 161 Å². The molecule has 1 aliphatic rings. The number of non-ortho nitro benzene ring substituents is 1. The van der Waals surface area contributed by atoms with Crippen LogP contribution in [0.5, 0.6) is 0 Å². The van der Waals surface area contributed by atoms with Crippen molar-refractivity contribution in [3.05, 3.63) is 112 Å². The normalized spacial score (nSPS) is 14.6. The van der Waals surface area contributed by atoms with Crippen molar-refractivity contribution in [3.8, 4) is 11.1 Å². The van der Waals surface area contributed by atoms with E-state index < -0.39 is 10.9 Å². The second-order valence-corrected chi connectivity index (χ2v) is 6.29. The van der Waals surface area contributed by atoms with Crippen LogP contribution in [0.2, 0.25) is 0 Å². The number of carbonyl (C=O) groups excluding carboxylic acids is 1. The Morgan fingerprint density at radius 2 is 1.39 bits per heavy atom. The topological polar surface area (TPSA) is 69.4 Å². The molecule has 0 saturated carbocycles. The maximum atomic E-state index is 12.2. The summed E-state index contributed by atoms with van der Waals surface area (Å²) in [7, 11) is 0. The number of carbonyl (C=O) groups is 1. The third kappa shape index (κ3) is 3.59. The van der Waals surface area contributed by atoms with E-state index in [2.05, 4.69) is 0 Å². The average molecular weight is 369 g/mol. The Kier molecular flexibility index (Phi) is 4.56. The number of hydrogen-bond donors (Lipinski definition) is 0. The molecule has 0 atom stereocenters. The minimum absolute atomic E-state index is 0.00545. The van der Waals surface area contributed by atoms with E-state index in [1.54, 1.807) is 24.3 Å². The Morgan fingerprint density at radius 3 is 2.04 bits per heavy atom. The summed E-state index contributed by atoms with van der Waals surface area (Å²) in [6, 6.07) is 23.8. The third-order valence-electron chi connectivity index (χ3n) is 4.43. The first kappa shape index (κ1) is 17.4. The highest BCUT2D eigenvalue weighted by Crippen LogP contribution is 2.29. The van der Waals surface area contributed by atoms with E-state index in [0.717, 1.165) is 16.7 Å². The summed E-state index contributed by atoms with van der Waals surface area (Å²) < 4.78 is 5.39. The molecule has 3 aromatic rings. The zero-order chi connectivity index (χ0) is 19.5. The van der Waals surface area contributed by atoms with Crippen LogP contribution in [-0.4, -0.2) is 10.9 Å². The van der Waals surface area contributed by atoms with Gasteiger partial charge in [0.1, 0.15) is 5.76 Å². The van der Waals surface area contributed by atoms with Crippen molar-refractivity contribution in [1.29, 1.82) is 0 Å². The molecule has 0 fully saturated rings. The van der Waals surface area contributed by atoms with E-state index in [1.165, 1.54) is 12.1 Å². The molecule has 0 amide bonds. The Balaban J connectivity index is 1.57. The van der Waals surface area contributed by atoms with Gasteiger partial charge in [-0.05, 0) is 41.0 Å². The number of hydrogen-bond acceptors (Lipinski definition) is 4. The molecular weight excluding hydrogens is 354 g/mol. The Hall–Kier alpha value is -3.99. The monoisotopic (exact) mass is 369 g/mol. The molecule has 0 N–H and O–H groups in total. The number of nitro benzene ring substituents is 1. The summed E-state index contributed by atoms with van der Waals surface area (Å²) in [5.41, 5.74) is 4.10. The van der Waals surface area contributed by atoms with Gasteiger partial charge in [0.05, 0.1) is 10.5 Å². The van der Waals surface area contributed by atoms with Crippen molar-refractivity contribution in [2.45, 2.75) is 0 Å². The first-order chi connectivity index (χ1) is 13.6. The van der Waals surface area contributed by atoms with Crippen molar-refractivity contribution in [2.24, 2.45) is 0 Å². The highest BCUT2D eigenvalue weighted by Gasteiger charge is 2.22. The molecule has 1 heterocycles. The number of ether oxygens (including phenoxy) is 1. The van der Waals surface area contributed by atoms with Crippen molar-refractivity contribution in [1.82, 2.24) is 0 Å². The molecule has 1 aliphatic heterocycles. The molecule has 0 aromatic heterocycles. The summed E-state index contributed by atoms with van der Waals surface area (Å²) in [5.74, 6) is 0.0401. The van der Waals surface area contributed by atoms with Gasteiger partial charge in [-0.1, -0.05) is 54.6 Å². The molecule has 5 heteroatoms. The lowest BCUT2D eigenvalue weighted by Gasteiger charge is -2.04. The first-order valence-corrected chi connectivity index (χ1v) is 8.66. The lowest BCUT2D eigenvalue weighted by Crippen LogP contribution is -1.97. The van der Waals surface area contributed by atoms with Crippen molar-refractivity contribution in [2.75, 3.05) is 0 Å². The number of nitro groups is 1. The molecule has 0 bridgehead atoms. The summed E-state index contributed by atoms with van der Waals surface area (Å²) >= 11 is 0. The number of rotatable bonds is 4. The van der Waals surface area contributed by atoms with E-state index in [1.807, 2.05) is 54.6 Å². The van der Waals surface area contributed by atoms with Gasteiger partial charge < -0.3 is 4.74 Å². The fourth-order valence-corrected chi connectivity index (χ4v) is 2.96. The predicted molar refractivity (Wildman–Crippen MR) is 107 cm³/mol. The largest absolute Gasteiger partial charge is 0.422 e. The molecule has 28 heavy (non-hydrogen) atoms. The molecule has 0 spiro atoms. The maximum Gasteiger partial charge on any atom is 0.343 e. The molecule has 0 saturated heterocycles. The van der Waals surface area contributed by atoms with E-state index in [-0.39, 0.29) is 5.69 Å². The molecule has 0 aliphatic carbocycles. The average Bonchev–Trinajstić information content (AvgIpc) is 3.09. The fraction of sp³-hybridized carbons (Fsp3) is 0. The standard InChI is InChI=1S/C23H15NO4/c25-23-20(14-16-6-12-21(13-7-16)24(26)27)15-22(28-23)19-10-8-18(9-11-19)17-4-2-1-3-5-17/h1-15H/b20-14-. The first-order valence-electron chi connectivity index (χ1n) is 8.66. The van der Waals surface area contributed by atoms with Gasteiger partial charge in [0.25, 0.3) is 5.69 Å². The van der Waals surface area contributed by atoms with Gasteiger partial charge in [-0.25, -0.2) is 4.79 Å². The predicted octanol–water partition coefficient (Wildman–Crippen LogP) is 5.24. The van der Waals surface area contributed by atoms with E-state index in [9.17, 15) is 14.9 Å². The van der Waals surface area contributed by atoms with Crippen molar-refractivity contribution >= 4 is 23.5 Å². The number of cyclic esters (lactones) is 1. The maximum absolute atomic E-state index is 12.2. The lowest BCUT2D eigenvalue weighted by atomic mass is 10.0. The molecule has 0 radical (unpaired) electrons. The molecular formula is C23H15NO4. The van der Waals surface area contributed by atoms with Crippen LogP contribution in [0, 0.1) is 10.1 Å². The van der Waals surface area contributed by atoms with Crippen LogP contribution < -0.4 is 0 Å². The lowest BCUT2D eigenvalue weighted by molar-refractivity contribution is -0.384. The van der Waals surface area contributed by atoms with Gasteiger partial charge in [-0.3, -0.25) is 10.1 Å². The molecule has 4 rings (SSSR count). The van der Waals surface area contributed by atoms with Gasteiger partial charge in [0, 0.05) is 17.7 Å². The van der Waals surface area contributed by atoms with Crippen LogP contribution in [0.4, 0.5) is 5.69 Å². The van der Waals surface area contributed by atoms with Crippen LogP contribution in [0.3, 0.4) is 0 Å². The fourth-order valence-electron chi connectivity index (χ4n) is 2.96. The van der Waals surface area contributed by atoms with Crippen LogP contribution in [0.15, 0.2) is 90.5 Å². The van der Waals surface area contributed by atoms with Gasteiger partial charge in [0.15, 0.2) is 0 Å². The van der Waals surface area contributed by atoms with Gasteiger partial charge in [-0.15, -0.1) is 0 Å². The highest BCUT2D eigenvalue weighted by molar-refractivity contribution is 6.05. The molecule has 0 unspecified atom stereocenters. The van der Waals surface area contributed by atoms with Gasteiger partial charge in [-0.2, -0.15) is 0 Å². The second kappa shape index (κ2) is 7.32. The number of esters is 1. The highest BCUT2D eigenvalue weighted by atomic mass is 16.6. The summed E-state index contributed by atoms with van der Waals surface area (Å²) in [6.45, 7) is 0. The second-order valence-electron chi connectivity index (χ2n) is 6.29. The van der Waals surface area contributed by atoms with Crippen molar-refractivity contribution < 1.29 is 14.5 Å². The molecule has 136 valence electrons. The van der Waals surface area contributed by atoms with Crippen LogP contribution in [0.25, 0.3) is 23.0 Å². The number of nitrogens with zero attached hydrogens (tertiary/aromatic N) is 1. The summed E-state index contributed by atoms with van der Waals surface area (Å²) in [4.78, 5) is 22.4. The minimum atomic E-state index is -0.460. The Morgan fingerprint density at radius 1 is 0.786 bits per heavy atom. The quantitative estimate of drug-likeness (QED) is 0.273.